The molecule has 0 aliphatic rings. The standard InChI is InChI=1S/C14H16ClN3O3/c1-9(7-11(19)12-3-2-6-21-12)17-14(20)18-10-4-5-16-13(15)8-10/h2-6,8-9,11,19H,7H2,1H3,(H2,16,17,18,20). The van der Waals surface area contributed by atoms with Crippen LogP contribution in [0.1, 0.15) is 25.2 Å². The Morgan fingerprint density at radius 3 is 3.00 bits per heavy atom. The van der Waals surface area contributed by atoms with Gasteiger partial charge in [0, 0.05) is 24.3 Å². The number of halogens is 1. The fourth-order valence-electron chi connectivity index (χ4n) is 1.86. The Kier molecular flexibility index (Phi) is 5.19. The number of aromatic nitrogens is 1. The molecule has 7 heteroatoms. The van der Waals surface area contributed by atoms with Gasteiger partial charge in [-0.1, -0.05) is 11.6 Å². The van der Waals surface area contributed by atoms with E-state index in [9.17, 15) is 9.90 Å². The molecule has 2 amide bonds. The molecule has 112 valence electrons. The van der Waals surface area contributed by atoms with Crippen molar-refractivity contribution in [2.24, 2.45) is 0 Å². The van der Waals surface area contributed by atoms with E-state index < -0.39 is 6.10 Å². The van der Waals surface area contributed by atoms with Crippen LogP contribution < -0.4 is 10.6 Å². The third-order valence-corrected chi connectivity index (χ3v) is 3.02. The zero-order valence-corrected chi connectivity index (χ0v) is 12.2. The lowest BCUT2D eigenvalue weighted by Crippen LogP contribution is -2.37. The molecule has 2 atom stereocenters. The molecule has 2 aromatic heterocycles. The van der Waals surface area contributed by atoms with Gasteiger partial charge >= 0.3 is 6.03 Å². The predicted molar refractivity (Wildman–Crippen MR) is 79.1 cm³/mol. The molecule has 2 heterocycles. The van der Waals surface area contributed by atoms with Crippen LogP contribution in [0.25, 0.3) is 0 Å². The number of amides is 2. The highest BCUT2D eigenvalue weighted by atomic mass is 35.5. The molecule has 0 fully saturated rings. The van der Waals surface area contributed by atoms with Gasteiger partial charge in [0.2, 0.25) is 0 Å². The van der Waals surface area contributed by atoms with Crippen LogP contribution in [0.3, 0.4) is 0 Å². The normalized spacial score (nSPS) is 13.5. The van der Waals surface area contributed by atoms with Crippen molar-refractivity contribution in [3.8, 4) is 0 Å². The first-order valence-electron chi connectivity index (χ1n) is 6.45. The molecule has 0 aromatic carbocycles. The van der Waals surface area contributed by atoms with Gasteiger partial charge in [-0.15, -0.1) is 0 Å². The van der Waals surface area contributed by atoms with Crippen LogP contribution in [-0.2, 0) is 0 Å². The Morgan fingerprint density at radius 2 is 2.33 bits per heavy atom. The summed E-state index contributed by atoms with van der Waals surface area (Å²) >= 11 is 5.73. The second kappa shape index (κ2) is 7.10. The van der Waals surface area contributed by atoms with Crippen LogP contribution in [-0.4, -0.2) is 22.2 Å². The lowest BCUT2D eigenvalue weighted by molar-refractivity contribution is 0.130. The third kappa shape index (κ3) is 4.77. The first kappa shape index (κ1) is 15.3. The number of hydrogen-bond donors (Lipinski definition) is 3. The summed E-state index contributed by atoms with van der Waals surface area (Å²) in [6.07, 6.45) is 2.59. The summed E-state index contributed by atoms with van der Waals surface area (Å²) in [5, 5.41) is 15.6. The highest BCUT2D eigenvalue weighted by Gasteiger charge is 2.16. The number of hydrogen-bond acceptors (Lipinski definition) is 4. The molecule has 0 spiro atoms. The number of aliphatic hydroxyl groups excluding tert-OH is 1. The average molecular weight is 310 g/mol. The number of carbonyl (C=O) groups excluding carboxylic acids is 1. The topological polar surface area (TPSA) is 87.4 Å². The lowest BCUT2D eigenvalue weighted by Gasteiger charge is -2.17. The van der Waals surface area contributed by atoms with Crippen LogP contribution in [0, 0.1) is 0 Å². The Bertz CT molecular complexity index is 589. The number of urea groups is 1. The maximum absolute atomic E-state index is 11.8. The number of anilines is 1. The molecule has 0 bridgehead atoms. The van der Waals surface area contributed by atoms with Crippen LogP contribution in [0.2, 0.25) is 5.15 Å². The van der Waals surface area contributed by atoms with E-state index in [0.29, 0.717) is 23.0 Å². The number of aliphatic hydroxyl groups is 1. The molecule has 2 unspecified atom stereocenters. The largest absolute Gasteiger partial charge is 0.467 e. The highest BCUT2D eigenvalue weighted by Crippen LogP contribution is 2.18. The average Bonchev–Trinajstić information content (AvgIpc) is 2.91. The van der Waals surface area contributed by atoms with Crippen molar-refractivity contribution in [2.75, 3.05) is 5.32 Å². The molecule has 0 aliphatic carbocycles. The molecular formula is C14H16ClN3O3. The van der Waals surface area contributed by atoms with Crippen molar-refractivity contribution in [1.82, 2.24) is 10.3 Å². The molecule has 2 aromatic rings. The quantitative estimate of drug-likeness (QED) is 0.741. The van der Waals surface area contributed by atoms with E-state index in [4.69, 9.17) is 16.0 Å². The maximum Gasteiger partial charge on any atom is 0.319 e. The fraction of sp³-hybridized carbons (Fsp3) is 0.286. The van der Waals surface area contributed by atoms with Crippen LogP contribution in [0.15, 0.2) is 41.1 Å². The summed E-state index contributed by atoms with van der Waals surface area (Å²) in [5.74, 6) is 0.477. The first-order chi connectivity index (χ1) is 10.0. The summed E-state index contributed by atoms with van der Waals surface area (Å²) < 4.78 is 5.11. The number of pyridine rings is 1. The van der Waals surface area contributed by atoms with E-state index in [2.05, 4.69) is 15.6 Å². The van der Waals surface area contributed by atoms with Crippen molar-refractivity contribution in [2.45, 2.75) is 25.5 Å². The molecule has 0 aliphatic heterocycles. The predicted octanol–water partition coefficient (Wildman–Crippen LogP) is 2.96. The third-order valence-electron chi connectivity index (χ3n) is 2.81. The van der Waals surface area contributed by atoms with E-state index in [1.54, 1.807) is 31.2 Å². The highest BCUT2D eigenvalue weighted by molar-refractivity contribution is 6.29. The smallest absolute Gasteiger partial charge is 0.319 e. The monoisotopic (exact) mass is 309 g/mol. The second-order valence-electron chi connectivity index (χ2n) is 4.63. The van der Waals surface area contributed by atoms with Crippen molar-refractivity contribution in [3.63, 3.8) is 0 Å². The molecule has 0 saturated heterocycles. The van der Waals surface area contributed by atoms with Gasteiger partial charge in [0.15, 0.2) is 0 Å². The van der Waals surface area contributed by atoms with Crippen LogP contribution in [0.4, 0.5) is 10.5 Å². The number of carbonyl (C=O) groups is 1. The van der Waals surface area contributed by atoms with E-state index in [0.717, 1.165) is 0 Å². The van der Waals surface area contributed by atoms with Gasteiger partial charge in [0.1, 0.15) is 17.0 Å². The van der Waals surface area contributed by atoms with E-state index >= 15 is 0 Å². The van der Waals surface area contributed by atoms with Gasteiger partial charge in [-0.05, 0) is 31.2 Å². The van der Waals surface area contributed by atoms with Crippen molar-refractivity contribution in [1.29, 1.82) is 0 Å². The van der Waals surface area contributed by atoms with Gasteiger partial charge in [-0.2, -0.15) is 0 Å². The number of nitrogens with one attached hydrogen (secondary N) is 2. The maximum atomic E-state index is 11.8. The molecule has 6 nitrogen and oxygen atoms in total. The molecular weight excluding hydrogens is 294 g/mol. The lowest BCUT2D eigenvalue weighted by atomic mass is 10.1. The Balaban J connectivity index is 1.82. The number of rotatable bonds is 5. The minimum absolute atomic E-state index is 0.234. The Morgan fingerprint density at radius 1 is 1.52 bits per heavy atom. The minimum Gasteiger partial charge on any atom is -0.467 e. The molecule has 0 saturated carbocycles. The summed E-state index contributed by atoms with van der Waals surface area (Å²) in [6, 6.07) is 5.96. The summed E-state index contributed by atoms with van der Waals surface area (Å²) in [4.78, 5) is 15.6. The van der Waals surface area contributed by atoms with E-state index in [1.165, 1.54) is 12.5 Å². The molecule has 0 radical (unpaired) electrons. The van der Waals surface area contributed by atoms with Crippen LogP contribution >= 0.6 is 11.6 Å². The number of nitrogens with zero attached hydrogens (tertiary/aromatic N) is 1. The summed E-state index contributed by atoms with van der Waals surface area (Å²) in [6.45, 7) is 1.80. The van der Waals surface area contributed by atoms with Crippen molar-refractivity contribution >= 4 is 23.3 Å². The fourth-order valence-corrected chi connectivity index (χ4v) is 2.04. The van der Waals surface area contributed by atoms with Crippen molar-refractivity contribution in [3.05, 3.63) is 47.6 Å². The van der Waals surface area contributed by atoms with Crippen molar-refractivity contribution < 1.29 is 14.3 Å². The first-order valence-corrected chi connectivity index (χ1v) is 6.83. The summed E-state index contributed by atoms with van der Waals surface area (Å²) in [7, 11) is 0. The Labute approximate surface area is 127 Å². The van der Waals surface area contributed by atoms with Gasteiger partial charge in [0.05, 0.1) is 6.26 Å². The summed E-state index contributed by atoms with van der Waals surface area (Å²) in [5.41, 5.74) is 0.547. The zero-order valence-electron chi connectivity index (χ0n) is 11.4. The van der Waals surface area contributed by atoms with Gasteiger partial charge < -0.3 is 20.2 Å². The minimum atomic E-state index is -0.759. The zero-order chi connectivity index (χ0) is 15.2. The van der Waals surface area contributed by atoms with Gasteiger partial charge in [0.25, 0.3) is 0 Å². The van der Waals surface area contributed by atoms with Gasteiger partial charge in [-0.25, -0.2) is 9.78 Å². The van der Waals surface area contributed by atoms with E-state index in [-0.39, 0.29) is 12.1 Å². The molecule has 3 N–H and O–H groups in total. The SMILES string of the molecule is CC(CC(O)c1ccco1)NC(=O)Nc1ccnc(Cl)c1. The van der Waals surface area contributed by atoms with Gasteiger partial charge in [-0.3, -0.25) is 0 Å². The number of furan rings is 1. The van der Waals surface area contributed by atoms with E-state index in [1.807, 2.05) is 0 Å². The second-order valence-corrected chi connectivity index (χ2v) is 5.02. The molecule has 2 rings (SSSR count). The molecule has 21 heavy (non-hydrogen) atoms. The van der Waals surface area contributed by atoms with Crippen LogP contribution in [0.5, 0.6) is 0 Å². The Hall–Kier alpha value is -2.05.